The Morgan fingerprint density at radius 1 is 1.35 bits per heavy atom. The minimum absolute atomic E-state index is 0.00567. The number of sulfonamides is 1. The molecule has 1 aromatic carbocycles. The maximum Gasteiger partial charge on any atom is 0.308 e. The Balaban J connectivity index is 2.09. The van der Waals surface area contributed by atoms with Crippen LogP contribution >= 0.6 is 0 Å². The molecule has 1 amide bonds. The number of carbonyl (C=O) groups excluding carboxylic acids is 1. The van der Waals surface area contributed by atoms with E-state index in [-0.39, 0.29) is 12.5 Å². The summed E-state index contributed by atoms with van der Waals surface area (Å²) in [6.07, 6.45) is 0.445. The molecule has 11 heteroatoms. The minimum atomic E-state index is -4.27. The third-order valence-electron chi connectivity index (χ3n) is 4.13. The maximum absolute atomic E-state index is 12.3. The number of nitro groups is 1. The average Bonchev–Trinajstić information content (AvgIpc) is 2.59. The van der Waals surface area contributed by atoms with Crippen LogP contribution in [0.4, 0.5) is 5.69 Å². The van der Waals surface area contributed by atoms with E-state index in [0.29, 0.717) is 13.0 Å². The SMILES string of the molecule is CC1CC(C(=O)O)CN(C(=O)CNS(=O)(=O)c2ccccc2[N+](=O)[O-])C1. The first kappa shape index (κ1) is 19.8. The van der Waals surface area contributed by atoms with Gasteiger partial charge in [0.15, 0.2) is 4.90 Å². The molecule has 10 nitrogen and oxygen atoms in total. The number of nitrogens with zero attached hydrogens (tertiary/aromatic N) is 2. The summed E-state index contributed by atoms with van der Waals surface area (Å²) in [5.41, 5.74) is -0.593. The van der Waals surface area contributed by atoms with Crippen LogP contribution < -0.4 is 4.72 Å². The number of likely N-dealkylation sites (tertiary alicyclic amines) is 1. The van der Waals surface area contributed by atoms with E-state index >= 15 is 0 Å². The molecule has 0 spiro atoms. The lowest BCUT2D eigenvalue weighted by Crippen LogP contribution is -2.48. The van der Waals surface area contributed by atoms with Crippen molar-refractivity contribution in [1.29, 1.82) is 0 Å². The Bertz CT molecular complexity index is 824. The van der Waals surface area contributed by atoms with Gasteiger partial charge in [0.05, 0.1) is 17.4 Å². The predicted molar refractivity (Wildman–Crippen MR) is 89.8 cm³/mol. The molecular weight excluding hydrogens is 366 g/mol. The molecule has 26 heavy (non-hydrogen) atoms. The number of nitrogens with one attached hydrogen (secondary N) is 1. The van der Waals surface area contributed by atoms with Crippen molar-refractivity contribution in [2.45, 2.75) is 18.2 Å². The van der Waals surface area contributed by atoms with Gasteiger partial charge in [0, 0.05) is 19.2 Å². The molecule has 1 heterocycles. The second-order valence-corrected chi connectivity index (χ2v) is 7.96. The number of benzene rings is 1. The van der Waals surface area contributed by atoms with Gasteiger partial charge in [0.25, 0.3) is 5.69 Å². The summed E-state index contributed by atoms with van der Waals surface area (Å²) in [6, 6.07) is 4.81. The van der Waals surface area contributed by atoms with E-state index in [1.54, 1.807) is 0 Å². The van der Waals surface area contributed by atoms with E-state index in [2.05, 4.69) is 4.72 Å². The summed E-state index contributed by atoms with van der Waals surface area (Å²) < 4.78 is 26.7. The zero-order valence-electron chi connectivity index (χ0n) is 14.0. The number of carboxylic acid groups (broad SMARTS) is 1. The summed E-state index contributed by atoms with van der Waals surface area (Å²) >= 11 is 0. The number of carbonyl (C=O) groups is 2. The van der Waals surface area contributed by atoms with Gasteiger partial charge in [-0.05, 0) is 18.4 Å². The Kier molecular flexibility index (Phi) is 5.93. The minimum Gasteiger partial charge on any atom is -0.481 e. The van der Waals surface area contributed by atoms with E-state index in [1.807, 2.05) is 6.92 Å². The number of aliphatic carboxylic acids is 1. The van der Waals surface area contributed by atoms with E-state index in [0.717, 1.165) is 12.1 Å². The third kappa shape index (κ3) is 4.55. The number of amides is 1. The van der Waals surface area contributed by atoms with Crippen LogP contribution in [-0.4, -0.2) is 54.9 Å². The van der Waals surface area contributed by atoms with E-state index in [4.69, 9.17) is 5.11 Å². The topological polar surface area (TPSA) is 147 Å². The van der Waals surface area contributed by atoms with Crippen molar-refractivity contribution in [3.8, 4) is 0 Å². The van der Waals surface area contributed by atoms with Gasteiger partial charge in [0.1, 0.15) is 0 Å². The average molecular weight is 385 g/mol. The normalized spacial score (nSPS) is 20.6. The molecule has 1 aliphatic heterocycles. The molecule has 1 aliphatic rings. The number of hydrogen-bond donors (Lipinski definition) is 2. The van der Waals surface area contributed by atoms with Crippen molar-refractivity contribution in [3.05, 3.63) is 34.4 Å². The summed E-state index contributed by atoms with van der Waals surface area (Å²) in [6.45, 7) is 1.54. The molecule has 0 bridgehead atoms. The van der Waals surface area contributed by atoms with Gasteiger partial charge in [-0.2, -0.15) is 0 Å². The fourth-order valence-electron chi connectivity index (χ4n) is 2.92. The Morgan fingerprint density at radius 3 is 2.62 bits per heavy atom. The fourth-order valence-corrected chi connectivity index (χ4v) is 4.06. The van der Waals surface area contributed by atoms with Crippen LogP contribution in [-0.2, 0) is 19.6 Å². The largest absolute Gasteiger partial charge is 0.481 e. The van der Waals surface area contributed by atoms with Crippen molar-refractivity contribution in [3.63, 3.8) is 0 Å². The van der Waals surface area contributed by atoms with Crippen LogP contribution in [0.2, 0.25) is 0 Å². The Labute approximate surface area is 150 Å². The third-order valence-corrected chi connectivity index (χ3v) is 5.58. The number of hydrogen-bond acceptors (Lipinski definition) is 6. The van der Waals surface area contributed by atoms with Gasteiger partial charge in [0.2, 0.25) is 15.9 Å². The van der Waals surface area contributed by atoms with Crippen LogP contribution in [0.15, 0.2) is 29.2 Å². The van der Waals surface area contributed by atoms with Crippen molar-refractivity contribution in [2.24, 2.45) is 11.8 Å². The highest BCUT2D eigenvalue weighted by Gasteiger charge is 2.32. The van der Waals surface area contributed by atoms with Crippen molar-refractivity contribution in [2.75, 3.05) is 19.6 Å². The molecule has 142 valence electrons. The standard InChI is InChI=1S/C15H19N3O7S/c1-10-6-11(15(20)21)9-17(8-10)14(19)7-16-26(24,25)13-5-3-2-4-12(13)18(22)23/h2-5,10-11,16H,6-9H2,1H3,(H,20,21). The van der Waals surface area contributed by atoms with E-state index in [9.17, 15) is 28.1 Å². The van der Waals surface area contributed by atoms with Gasteiger partial charge in [-0.15, -0.1) is 0 Å². The second-order valence-electron chi connectivity index (χ2n) is 6.22. The van der Waals surface area contributed by atoms with Gasteiger partial charge >= 0.3 is 5.97 Å². The smallest absolute Gasteiger partial charge is 0.308 e. The first-order valence-electron chi connectivity index (χ1n) is 7.85. The highest BCUT2D eigenvalue weighted by molar-refractivity contribution is 7.89. The van der Waals surface area contributed by atoms with Gasteiger partial charge in [-0.3, -0.25) is 19.7 Å². The Morgan fingerprint density at radius 2 is 2.00 bits per heavy atom. The molecule has 0 saturated carbocycles. The molecule has 2 N–H and O–H groups in total. The van der Waals surface area contributed by atoms with E-state index < -0.39 is 49.9 Å². The van der Waals surface area contributed by atoms with Crippen molar-refractivity contribution >= 4 is 27.6 Å². The first-order valence-corrected chi connectivity index (χ1v) is 9.33. The van der Waals surface area contributed by atoms with E-state index in [1.165, 1.54) is 17.0 Å². The second kappa shape index (κ2) is 7.79. The van der Waals surface area contributed by atoms with Crippen molar-refractivity contribution < 1.29 is 28.0 Å². The molecule has 0 aliphatic carbocycles. The number of piperidine rings is 1. The summed E-state index contributed by atoms with van der Waals surface area (Å²) in [7, 11) is -4.27. The molecule has 2 atom stereocenters. The first-order chi connectivity index (χ1) is 12.1. The molecule has 0 aromatic heterocycles. The van der Waals surface area contributed by atoms with Gasteiger partial charge < -0.3 is 10.0 Å². The molecular formula is C15H19N3O7S. The molecule has 0 radical (unpaired) electrons. The molecule has 1 fully saturated rings. The van der Waals surface area contributed by atoms with Gasteiger partial charge in [-0.25, -0.2) is 13.1 Å². The molecule has 2 rings (SSSR count). The van der Waals surface area contributed by atoms with Crippen LogP contribution in [0.1, 0.15) is 13.3 Å². The molecule has 1 aromatic rings. The highest BCUT2D eigenvalue weighted by Crippen LogP contribution is 2.23. The van der Waals surface area contributed by atoms with Crippen LogP contribution in [0.25, 0.3) is 0 Å². The zero-order chi connectivity index (χ0) is 19.5. The van der Waals surface area contributed by atoms with Crippen LogP contribution in [0, 0.1) is 22.0 Å². The van der Waals surface area contributed by atoms with Crippen LogP contribution in [0.3, 0.4) is 0 Å². The lowest BCUT2D eigenvalue weighted by Gasteiger charge is -2.34. The number of rotatable bonds is 6. The monoisotopic (exact) mass is 385 g/mol. The van der Waals surface area contributed by atoms with Gasteiger partial charge in [-0.1, -0.05) is 19.1 Å². The molecule has 2 unspecified atom stereocenters. The molecule has 1 saturated heterocycles. The fraction of sp³-hybridized carbons (Fsp3) is 0.467. The number of nitro benzene ring substituents is 1. The predicted octanol–water partition coefficient (Wildman–Crippen LogP) is 0.442. The lowest BCUT2D eigenvalue weighted by atomic mass is 9.90. The summed E-state index contributed by atoms with van der Waals surface area (Å²) in [4.78, 5) is 34.4. The zero-order valence-corrected chi connectivity index (χ0v) is 14.8. The summed E-state index contributed by atoms with van der Waals surface area (Å²) in [5, 5.41) is 20.1. The highest BCUT2D eigenvalue weighted by atomic mass is 32.2. The maximum atomic E-state index is 12.3. The van der Waals surface area contributed by atoms with Crippen LogP contribution in [0.5, 0.6) is 0 Å². The van der Waals surface area contributed by atoms with Crippen molar-refractivity contribution in [1.82, 2.24) is 9.62 Å². The summed E-state index contributed by atoms with van der Waals surface area (Å²) in [5.74, 6) is -2.31. The number of para-hydroxylation sites is 1. The Hall–Kier alpha value is -2.53. The lowest BCUT2D eigenvalue weighted by molar-refractivity contribution is -0.387. The number of carboxylic acids is 1. The quantitative estimate of drug-likeness (QED) is 0.533.